The quantitative estimate of drug-likeness (QED) is 0.155. The minimum absolute atomic E-state index is 0.532. The fraction of sp³-hybridized carbons (Fsp3) is 0.0137. The van der Waals surface area contributed by atoms with Gasteiger partial charge in [-0.2, -0.15) is 0 Å². The van der Waals surface area contributed by atoms with Crippen molar-refractivity contribution in [2.24, 2.45) is 0 Å². The molecule has 0 amide bonds. The Hall–Kier alpha value is -9.56. The van der Waals surface area contributed by atoms with Crippen molar-refractivity contribution < 1.29 is 0 Å². The first-order valence-corrected chi connectivity index (χ1v) is 25.8. The largest absolute Gasteiger partial charge is 0.310 e. The fourth-order valence-electron chi connectivity index (χ4n) is 13.3. The molecule has 0 saturated carbocycles. The Bertz CT molecular complexity index is 4590. The van der Waals surface area contributed by atoms with Crippen molar-refractivity contribution >= 4 is 81.7 Å². The van der Waals surface area contributed by atoms with Gasteiger partial charge in [0.15, 0.2) is 0 Å². The van der Waals surface area contributed by atoms with Gasteiger partial charge in [-0.15, -0.1) is 0 Å². The third-order valence-electron chi connectivity index (χ3n) is 16.6. The van der Waals surface area contributed by atoms with E-state index in [-0.39, 0.29) is 0 Å². The van der Waals surface area contributed by atoms with Gasteiger partial charge in [-0.25, -0.2) is 0 Å². The summed E-state index contributed by atoms with van der Waals surface area (Å²) < 4.78 is 0. The van der Waals surface area contributed by atoms with Gasteiger partial charge in [0, 0.05) is 16.9 Å². The molecule has 1 heteroatoms. The second-order valence-electron chi connectivity index (χ2n) is 20.3. The SMILES string of the molecule is c1ccc2c(c1)-c1ccccc1C21c2ccccc2-c2cc(-c3ccc4ccc5ccccc5c4c3)c(N(c3ccc(-c4ccc5ccccc5c4)cc3)c3ccc4c5ccccc5c5ccccc5c4c3)cc21. The first-order chi connectivity index (χ1) is 36.7. The average Bonchev–Trinajstić information content (AvgIpc) is 3.99. The normalized spacial score (nSPS) is 13.0. The molecule has 2 aliphatic rings. The van der Waals surface area contributed by atoms with Crippen molar-refractivity contribution in [2.45, 2.75) is 5.41 Å². The summed E-state index contributed by atoms with van der Waals surface area (Å²) in [5.41, 5.74) is 17.9. The molecule has 74 heavy (non-hydrogen) atoms. The molecule has 1 spiro atoms. The smallest absolute Gasteiger partial charge is 0.0726 e. The van der Waals surface area contributed by atoms with E-state index in [1.54, 1.807) is 0 Å². The first kappa shape index (κ1) is 41.1. The summed E-state index contributed by atoms with van der Waals surface area (Å²) in [7, 11) is 0. The molecule has 2 aliphatic carbocycles. The monoisotopic (exact) mass is 935 g/mol. The zero-order valence-electron chi connectivity index (χ0n) is 40.4. The molecule has 14 aromatic carbocycles. The summed E-state index contributed by atoms with van der Waals surface area (Å²) in [6.07, 6.45) is 0. The van der Waals surface area contributed by atoms with E-state index < -0.39 is 5.41 Å². The number of benzene rings is 14. The summed E-state index contributed by atoms with van der Waals surface area (Å²) in [5, 5.41) is 15.0. The predicted octanol–water partition coefficient (Wildman–Crippen LogP) is 19.8. The maximum Gasteiger partial charge on any atom is 0.0726 e. The van der Waals surface area contributed by atoms with Crippen LogP contribution in [0.4, 0.5) is 17.1 Å². The van der Waals surface area contributed by atoms with Crippen molar-refractivity contribution in [3.05, 3.63) is 295 Å². The van der Waals surface area contributed by atoms with Crippen molar-refractivity contribution in [1.29, 1.82) is 0 Å². The molecule has 342 valence electrons. The maximum absolute atomic E-state index is 2.58. The Balaban J connectivity index is 1.02. The van der Waals surface area contributed by atoms with Gasteiger partial charge in [-0.05, 0) is 174 Å². The van der Waals surface area contributed by atoms with Crippen LogP contribution >= 0.6 is 0 Å². The Kier molecular flexibility index (Phi) is 8.73. The number of anilines is 3. The second kappa shape index (κ2) is 15.7. The van der Waals surface area contributed by atoms with Crippen LogP contribution in [0.25, 0.3) is 109 Å². The van der Waals surface area contributed by atoms with Crippen LogP contribution in [0.5, 0.6) is 0 Å². The molecule has 0 heterocycles. The van der Waals surface area contributed by atoms with E-state index >= 15 is 0 Å². The van der Waals surface area contributed by atoms with E-state index in [0.717, 1.165) is 17.1 Å². The van der Waals surface area contributed by atoms with Crippen LogP contribution in [0.3, 0.4) is 0 Å². The van der Waals surface area contributed by atoms with Gasteiger partial charge in [0.25, 0.3) is 0 Å². The molecule has 0 unspecified atom stereocenters. The number of fused-ring (bicyclic) bond motifs is 20. The van der Waals surface area contributed by atoms with Crippen LogP contribution in [-0.4, -0.2) is 0 Å². The highest BCUT2D eigenvalue weighted by Gasteiger charge is 2.52. The fourth-order valence-corrected chi connectivity index (χ4v) is 13.3. The predicted molar refractivity (Wildman–Crippen MR) is 313 cm³/mol. The van der Waals surface area contributed by atoms with E-state index in [0.29, 0.717) is 0 Å². The van der Waals surface area contributed by atoms with Crippen LogP contribution in [0.15, 0.2) is 273 Å². The van der Waals surface area contributed by atoms with E-state index in [1.165, 1.54) is 131 Å². The van der Waals surface area contributed by atoms with E-state index in [4.69, 9.17) is 0 Å². The van der Waals surface area contributed by atoms with Gasteiger partial charge < -0.3 is 4.90 Å². The van der Waals surface area contributed by atoms with Crippen LogP contribution < -0.4 is 4.90 Å². The molecule has 0 atom stereocenters. The van der Waals surface area contributed by atoms with Gasteiger partial charge in [0.05, 0.1) is 11.1 Å². The molecule has 0 bridgehead atoms. The lowest BCUT2D eigenvalue weighted by atomic mass is 9.70. The highest BCUT2D eigenvalue weighted by Crippen LogP contribution is 2.64. The van der Waals surface area contributed by atoms with Crippen molar-refractivity contribution in [1.82, 2.24) is 0 Å². The molecule has 0 radical (unpaired) electrons. The van der Waals surface area contributed by atoms with E-state index in [2.05, 4.69) is 278 Å². The molecule has 0 aliphatic heterocycles. The number of nitrogens with zero attached hydrogens (tertiary/aromatic N) is 1. The van der Waals surface area contributed by atoms with E-state index in [1.807, 2.05) is 0 Å². The van der Waals surface area contributed by atoms with E-state index in [9.17, 15) is 0 Å². The Morgan fingerprint density at radius 1 is 0.216 bits per heavy atom. The standard InChI is InChI=1S/C73H45N/c1-2-17-50-41-51(33-29-46(50)15-1)47-35-37-53(38-36-47)74(54-39-40-60-58-21-6-5-19-56(58)57-20-7-8-22-59(57)66(60)43-54)72-45-71-67(44-65(72)52-34-32-49-31-30-48-16-3-4-18-55(48)64(49)42-52)63-25-11-14-28-70(63)73(71)68-26-12-9-23-61(68)62-24-10-13-27-69(62)73/h1-45H. The minimum atomic E-state index is -0.532. The van der Waals surface area contributed by atoms with Crippen LogP contribution in [0, 0.1) is 0 Å². The second-order valence-corrected chi connectivity index (χ2v) is 20.3. The topological polar surface area (TPSA) is 3.24 Å². The molecule has 1 nitrogen and oxygen atoms in total. The third kappa shape index (κ3) is 5.81. The van der Waals surface area contributed by atoms with Crippen LogP contribution in [0.1, 0.15) is 22.3 Å². The number of rotatable bonds is 5. The van der Waals surface area contributed by atoms with Gasteiger partial charge >= 0.3 is 0 Å². The minimum Gasteiger partial charge on any atom is -0.310 e. The zero-order chi connectivity index (χ0) is 48.5. The lowest BCUT2D eigenvalue weighted by Gasteiger charge is -2.33. The summed E-state index contributed by atoms with van der Waals surface area (Å²) in [5.74, 6) is 0. The van der Waals surface area contributed by atoms with Gasteiger partial charge in [-0.3, -0.25) is 0 Å². The van der Waals surface area contributed by atoms with Crippen LogP contribution in [-0.2, 0) is 5.41 Å². The summed E-state index contributed by atoms with van der Waals surface area (Å²) in [6.45, 7) is 0. The Labute approximate surface area is 429 Å². The first-order valence-electron chi connectivity index (χ1n) is 25.8. The Morgan fingerprint density at radius 2 is 0.676 bits per heavy atom. The third-order valence-corrected chi connectivity index (χ3v) is 16.6. The van der Waals surface area contributed by atoms with Crippen molar-refractivity contribution in [3.8, 4) is 44.5 Å². The molecule has 16 rings (SSSR count). The Morgan fingerprint density at radius 3 is 1.34 bits per heavy atom. The molecular weight excluding hydrogens is 891 g/mol. The lowest BCUT2D eigenvalue weighted by molar-refractivity contribution is 0.794. The van der Waals surface area contributed by atoms with Crippen molar-refractivity contribution in [2.75, 3.05) is 4.90 Å². The average molecular weight is 936 g/mol. The number of hydrogen-bond donors (Lipinski definition) is 0. The molecule has 0 fully saturated rings. The number of hydrogen-bond acceptors (Lipinski definition) is 1. The molecule has 0 saturated heterocycles. The van der Waals surface area contributed by atoms with Gasteiger partial charge in [-0.1, -0.05) is 224 Å². The lowest BCUT2D eigenvalue weighted by Crippen LogP contribution is -2.26. The van der Waals surface area contributed by atoms with Crippen molar-refractivity contribution in [3.63, 3.8) is 0 Å². The van der Waals surface area contributed by atoms with Gasteiger partial charge in [0.2, 0.25) is 0 Å². The molecule has 0 N–H and O–H groups in total. The summed E-state index contributed by atoms with van der Waals surface area (Å²) in [6, 6.07) is 103. The van der Waals surface area contributed by atoms with Gasteiger partial charge in [0.1, 0.15) is 0 Å². The highest BCUT2D eigenvalue weighted by molar-refractivity contribution is 6.26. The molecule has 14 aromatic rings. The highest BCUT2D eigenvalue weighted by atomic mass is 15.1. The molecule has 0 aromatic heterocycles. The molecular formula is C73H45N. The summed E-state index contributed by atoms with van der Waals surface area (Å²) in [4.78, 5) is 2.56. The zero-order valence-corrected chi connectivity index (χ0v) is 40.4. The maximum atomic E-state index is 2.58. The van der Waals surface area contributed by atoms with Crippen LogP contribution in [0.2, 0.25) is 0 Å². The summed E-state index contributed by atoms with van der Waals surface area (Å²) >= 11 is 0.